The smallest absolute Gasteiger partial charge is 0.202 e. The van der Waals surface area contributed by atoms with Crippen LogP contribution in [0.1, 0.15) is 0 Å². The van der Waals surface area contributed by atoms with Crippen LogP contribution < -0.4 is 5.43 Å². The summed E-state index contributed by atoms with van der Waals surface area (Å²) in [6.07, 6.45) is 1.24. The van der Waals surface area contributed by atoms with Crippen molar-refractivity contribution < 1.29 is 13.2 Å². The van der Waals surface area contributed by atoms with Gasteiger partial charge in [0.15, 0.2) is 17.5 Å². The Labute approximate surface area is 95.3 Å². The molecule has 1 N–H and O–H groups in total. The SMILES string of the molecule is O=c1c(I)c[nH]c2c(F)c(F)c(F)cc12. The molecule has 0 spiro atoms. The van der Waals surface area contributed by atoms with Crippen molar-refractivity contribution in [2.75, 3.05) is 0 Å². The number of fused-ring (bicyclic) bond motifs is 1. The fourth-order valence-corrected chi connectivity index (χ4v) is 1.69. The van der Waals surface area contributed by atoms with Gasteiger partial charge in [-0.25, -0.2) is 13.2 Å². The zero-order valence-corrected chi connectivity index (χ0v) is 9.23. The van der Waals surface area contributed by atoms with Crippen LogP contribution in [-0.2, 0) is 0 Å². The lowest BCUT2D eigenvalue weighted by Crippen LogP contribution is -2.09. The fourth-order valence-electron chi connectivity index (χ4n) is 1.24. The summed E-state index contributed by atoms with van der Waals surface area (Å²) in [6.45, 7) is 0. The number of hydrogen-bond donors (Lipinski definition) is 1. The molecule has 1 aromatic heterocycles. The molecule has 1 heterocycles. The number of nitrogens with one attached hydrogen (secondary N) is 1. The lowest BCUT2D eigenvalue weighted by atomic mass is 10.2. The van der Waals surface area contributed by atoms with E-state index in [-0.39, 0.29) is 14.5 Å². The molecule has 78 valence electrons. The van der Waals surface area contributed by atoms with Crippen LogP contribution in [0.3, 0.4) is 0 Å². The molecule has 1 aromatic carbocycles. The molecule has 0 bridgehead atoms. The van der Waals surface area contributed by atoms with Crippen molar-refractivity contribution in [3.8, 4) is 0 Å². The van der Waals surface area contributed by atoms with Crippen molar-refractivity contribution in [2.45, 2.75) is 0 Å². The van der Waals surface area contributed by atoms with Gasteiger partial charge in [-0.15, -0.1) is 0 Å². The molecular formula is C9H3F3INO. The second kappa shape index (κ2) is 3.51. The van der Waals surface area contributed by atoms with Gasteiger partial charge in [0.1, 0.15) is 0 Å². The van der Waals surface area contributed by atoms with Crippen molar-refractivity contribution in [3.05, 3.63) is 43.5 Å². The molecule has 0 unspecified atom stereocenters. The summed E-state index contributed by atoms with van der Waals surface area (Å²) in [5.41, 5.74) is -0.846. The van der Waals surface area contributed by atoms with Gasteiger partial charge in [0.2, 0.25) is 5.43 Å². The third-order valence-corrected chi connectivity index (χ3v) is 2.77. The Morgan fingerprint density at radius 3 is 2.53 bits per heavy atom. The van der Waals surface area contributed by atoms with Gasteiger partial charge in [0, 0.05) is 6.20 Å². The van der Waals surface area contributed by atoms with Crippen molar-refractivity contribution in [2.24, 2.45) is 0 Å². The quantitative estimate of drug-likeness (QED) is 0.586. The highest BCUT2D eigenvalue weighted by Gasteiger charge is 2.16. The first-order valence-electron chi connectivity index (χ1n) is 3.86. The van der Waals surface area contributed by atoms with Gasteiger partial charge in [-0.05, 0) is 28.7 Å². The largest absolute Gasteiger partial charge is 0.357 e. The van der Waals surface area contributed by atoms with Crippen LogP contribution in [0.25, 0.3) is 10.9 Å². The highest BCUT2D eigenvalue weighted by molar-refractivity contribution is 14.1. The zero-order chi connectivity index (χ0) is 11.2. The van der Waals surface area contributed by atoms with Crippen LogP contribution in [0.15, 0.2) is 17.1 Å². The molecule has 15 heavy (non-hydrogen) atoms. The Balaban J connectivity index is 3.05. The Hall–Kier alpha value is -1.05. The third-order valence-electron chi connectivity index (χ3n) is 1.97. The van der Waals surface area contributed by atoms with E-state index in [9.17, 15) is 18.0 Å². The maximum Gasteiger partial charge on any atom is 0.202 e. The summed E-state index contributed by atoms with van der Waals surface area (Å²) in [5, 5.41) is -0.196. The van der Waals surface area contributed by atoms with Gasteiger partial charge in [0.25, 0.3) is 0 Å². The first-order valence-corrected chi connectivity index (χ1v) is 4.94. The van der Waals surface area contributed by atoms with E-state index in [0.29, 0.717) is 6.07 Å². The van der Waals surface area contributed by atoms with Gasteiger partial charge in [-0.1, -0.05) is 0 Å². The predicted molar refractivity (Wildman–Crippen MR) is 57.2 cm³/mol. The second-order valence-corrected chi connectivity index (χ2v) is 4.04. The van der Waals surface area contributed by atoms with Crippen molar-refractivity contribution in [1.82, 2.24) is 4.98 Å². The number of hydrogen-bond acceptors (Lipinski definition) is 1. The van der Waals surface area contributed by atoms with Gasteiger partial charge in [-0.3, -0.25) is 4.79 Å². The van der Waals surface area contributed by atoms with E-state index < -0.39 is 22.9 Å². The van der Waals surface area contributed by atoms with Gasteiger partial charge in [-0.2, -0.15) is 0 Å². The molecule has 2 rings (SSSR count). The third kappa shape index (κ3) is 1.52. The summed E-state index contributed by atoms with van der Waals surface area (Å²) in [4.78, 5) is 13.9. The molecule has 0 saturated carbocycles. The Bertz CT molecular complexity index is 608. The van der Waals surface area contributed by atoms with E-state index in [1.807, 2.05) is 0 Å². The number of aromatic nitrogens is 1. The minimum absolute atomic E-state index is 0.196. The van der Waals surface area contributed by atoms with E-state index >= 15 is 0 Å². The molecule has 0 aliphatic heterocycles. The fraction of sp³-hybridized carbons (Fsp3) is 0. The molecule has 0 fully saturated rings. The van der Waals surface area contributed by atoms with E-state index in [1.165, 1.54) is 6.20 Å². The molecule has 0 saturated heterocycles. The lowest BCUT2D eigenvalue weighted by Gasteiger charge is -2.01. The van der Waals surface area contributed by atoms with Crippen LogP contribution in [0, 0.1) is 21.0 Å². The number of benzene rings is 1. The highest BCUT2D eigenvalue weighted by Crippen LogP contribution is 2.19. The van der Waals surface area contributed by atoms with Crippen LogP contribution in [0.4, 0.5) is 13.2 Å². The molecular weight excluding hydrogens is 322 g/mol. The minimum atomic E-state index is -1.58. The van der Waals surface area contributed by atoms with Crippen molar-refractivity contribution in [3.63, 3.8) is 0 Å². The summed E-state index contributed by atoms with van der Waals surface area (Å²) >= 11 is 1.72. The van der Waals surface area contributed by atoms with E-state index in [4.69, 9.17) is 0 Å². The van der Waals surface area contributed by atoms with Crippen LogP contribution in [-0.4, -0.2) is 4.98 Å². The standard InChI is InChI=1S/C9H3F3INO/c10-4-1-3-8(7(12)6(4)11)14-2-5(13)9(3)15/h1-2H,(H,14,15). The zero-order valence-electron chi connectivity index (χ0n) is 7.07. The van der Waals surface area contributed by atoms with Gasteiger partial charge in [0.05, 0.1) is 14.5 Å². The summed E-state index contributed by atoms with van der Waals surface area (Å²) in [7, 11) is 0. The monoisotopic (exact) mass is 325 g/mol. The predicted octanol–water partition coefficient (Wildman–Crippen LogP) is 2.55. The first-order chi connectivity index (χ1) is 7.02. The molecule has 0 aliphatic carbocycles. The molecule has 0 aliphatic rings. The Kier molecular flexibility index (Phi) is 2.45. The lowest BCUT2D eigenvalue weighted by molar-refractivity contribution is 0.452. The van der Waals surface area contributed by atoms with Crippen molar-refractivity contribution in [1.29, 1.82) is 0 Å². The molecule has 6 heteroatoms. The average molecular weight is 325 g/mol. The Morgan fingerprint density at radius 2 is 1.87 bits per heavy atom. The summed E-state index contributed by atoms with van der Waals surface area (Å²) in [6, 6.07) is 0.689. The highest BCUT2D eigenvalue weighted by atomic mass is 127. The van der Waals surface area contributed by atoms with Gasteiger partial charge >= 0.3 is 0 Å². The first kappa shape index (κ1) is 10.5. The molecule has 0 radical (unpaired) electrons. The Morgan fingerprint density at radius 1 is 1.20 bits per heavy atom. The normalized spacial score (nSPS) is 10.9. The second-order valence-electron chi connectivity index (χ2n) is 2.87. The number of rotatable bonds is 0. The van der Waals surface area contributed by atoms with Crippen molar-refractivity contribution >= 4 is 33.5 Å². The average Bonchev–Trinajstić information content (AvgIpc) is 2.21. The summed E-state index contributed by atoms with van der Waals surface area (Å²) in [5.74, 6) is -4.33. The number of aromatic amines is 1. The summed E-state index contributed by atoms with van der Waals surface area (Å²) < 4.78 is 39.1. The number of H-pyrrole nitrogens is 1. The molecule has 0 atom stereocenters. The number of pyridine rings is 1. The minimum Gasteiger partial charge on any atom is -0.357 e. The molecule has 2 aromatic rings. The number of halogens is 4. The topological polar surface area (TPSA) is 32.9 Å². The maximum atomic E-state index is 13.2. The van der Waals surface area contributed by atoms with E-state index in [2.05, 4.69) is 4.98 Å². The maximum absolute atomic E-state index is 13.2. The van der Waals surface area contributed by atoms with Crippen LogP contribution in [0.5, 0.6) is 0 Å². The van der Waals surface area contributed by atoms with Crippen LogP contribution >= 0.6 is 22.6 Å². The van der Waals surface area contributed by atoms with Crippen LogP contribution in [0.2, 0.25) is 0 Å². The molecule has 2 nitrogen and oxygen atoms in total. The van der Waals surface area contributed by atoms with E-state index in [1.54, 1.807) is 22.6 Å². The van der Waals surface area contributed by atoms with E-state index in [0.717, 1.165) is 0 Å². The van der Waals surface area contributed by atoms with Gasteiger partial charge < -0.3 is 4.98 Å². The molecule has 0 amide bonds.